The molecule has 4 nitrogen and oxygen atoms in total. The van der Waals surface area contributed by atoms with E-state index in [1.165, 1.54) is 23.1 Å². The first-order valence-electron chi connectivity index (χ1n) is 6.75. The van der Waals surface area contributed by atoms with Gasteiger partial charge < -0.3 is 4.90 Å². The van der Waals surface area contributed by atoms with Crippen molar-refractivity contribution in [2.75, 3.05) is 24.7 Å². The lowest BCUT2D eigenvalue weighted by molar-refractivity contribution is -0.130. The zero-order valence-electron chi connectivity index (χ0n) is 11.5. The van der Waals surface area contributed by atoms with Gasteiger partial charge in [-0.05, 0) is 12.5 Å². The Labute approximate surface area is 128 Å². The molecule has 0 spiro atoms. The van der Waals surface area contributed by atoms with E-state index < -0.39 is 20.9 Å². The minimum Gasteiger partial charge on any atom is -0.342 e. The van der Waals surface area contributed by atoms with Crippen molar-refractivity contribution in [3.63, 3.8) is 0 Å². The predicted molar refractivity (Wildman–Crippen MR) is 79.5 cm³/mol. The molecule has 1 amide bonds. The highest BCUT2D eigenvalue weighted by molar-refractivity contribution is 7.91. The molecule has 1 aliphatic rings. The lowest BCUT2D eigenvalue weighted by atomic mass is 10.1. The summed E-state index contributed by atoms with van der Waals surface area (Å²) in [5.74, 6) is -0.625. The molecule has 1 fully saturated rings. The average molecular weight is 334 g/mol. The number of hydrogen-bond acceptors (Lipinski definition) is 3. The van der Waals surface area contributed by atoms with Gasteiger partial charge in [-0.15, -0.1) is 11.6 Å². The second-order valence-electron chi connectivity index (χ2n) is 4.99. The van der Waals surface area contributed by atoms with E-state index >= 15 is 0 Å². The lowest BCUT2D eigenvalue weighted by Crippen LogP contribution is -2.33. The highest BCUT2D eigenvalue weighted by Gasteiger charge is 2.33. The van der Waals surface area contributed by atoms with Gasteiger partial charge in [-0.2, -0.15) is 0 Å². The molecule has 1 unspecified atom stereocenters. The summed E-state index contributed by atoms with van der Waals surface area (Å²) < 4.78 is 38.6. The summed E-state index contributed by atoms with van der Waals surface area (Å²) in [4.78, 5) is 13.3. The second kappa shape index (κ2) is 6.75. The third kappa shape index (κ3) is 3.74. The van der Waals surface area contributed by atoms with Crippen LogP contribution < -0.4 is 0 Å². The maximum atomic E-state index is 13.9. The smallest absolute Gasteiger partial charge is 0.223 e. The van der Waals surface area contributed by atoms with Crippen LogP contribution in [0.25, 0.3) is 0 Å². The quantitative estimate of drug-likeness (QED) is 0.796. The molecular weight excluding hydrogens is 317 g/mol. The molecule has 0 N–H and O–H groups in total. The van der Waals surface area contributed by atoms with Crippen molar-refractivity contribution in [2.45, 2.75) is 18.1 Å². The Morgan fingerprint density at radius 2 is 2.05 bits per heavy atom. The largest absolute Gasteiger partial charge is 0.342 e. The van der Waals surface area contributed by atoms with Crippen LogP contribution in [-0.4, -0.2) is 43.9 Å². The molecule has 0 aromatic heterocycles. The van der Waals surface area contributed by atoms with Crippen molar-refractivity contribution in [3.8, 4) is 0 Å². The molecule has 21 heavy (non-hydrogen) atoms. The van der Waals surface area contributed by atoms with Crippen molar-refractivity contribution in [2.24, 2.45) is 0 Å². The summed E-state index contributed by atoms with van der Waals surface area (Å²) in [5, 5.41) is -0.896. The number of hydrogen-bond donors (Lipinski definition) is 0. The maximum Gasteiger partial charge on any atom is 0.223 e. The van der Waals surface area contributed by atoms with Gasteiger partial charge in [-0.25, -0.2) is 12.8 Å². The Morgan fingerprint density at radius 3 is 2.71 bits per heavy atom. The third-order valence-electron chi connectivity index (χ3n) is 3.65. The Kier molecular flexibility index (Phi) is 5.22. The van der Waals surface area contributed by atoms with Crippen LogP contribution in [-0.2, 0) is 14.6 Å². The van der Waals surface area contributed by atoms with Crippen LogP contribution in [0.4, 0.5) is 4.39 Å². The minimum atomic E-state index is -3.48. The molecule has 7 heteroatoms. The fourth-order valence-electron chi connectivity index (χ4n) is 2.52. The fourth-order valence-corrected chi connectivity index (χ4v) is 4.48. The standard InChI is InChI=1S/C14H17ClFNO3S/c15-7-5-14(18)17-8-6-13(21(19,20)10-9-17)11-3-1-2-4-12(11)16/h1-4,13H,5-10H2. The molecule has 0 saturated carbocycles. The predicted octanol–water partition coefficient (Wildman–Crippen LogP) is 2.14. The first kappa shape index (κ1) is 16.2. The SMILES string of the molecule is O=C(CCCl)N1CCC(c2ccccc2F)S(=O)(=O)CC1. The van der Waals surface area contributed by atoms with Gasteiger partial charge in [0.25, 0.3) is 0 Å². The van der Waals surface area contributed by atoms with Gasteiger partial charge in [0.15, 0.2) is 9.84 Å². The van der Waals surface area contributed by atoms with Crippen molar-refractivity contribution >= 4 is 27.3 Å². The Balaban J connectivity index is 2.24. The van der Waals surface area contributed by atoms with Crippen LogP contribution in [0.15, 0.2) is 24.3 Å². The summed E-state index contributed by atoms with van der Waals surface area (Å²) in [6.07, 6.45) is 0.392. The van der Waals surface area contributed by atoms with E-state index in [-0.39, 0.29) is 42.5 Å². The maximum absolute atomic E-state index is 13.9. The number of halogens is 2. The van der Waals surface area contributed by atoms with Gasteiger partial charge in [0.05, 0.1) is 11.0 Å². The van der Waals surface area contributed by atoms with E-state index in [1.54, 1.807) is 6.07 Å². The normalized spacial score (nSPS) is 21.8. The number of carbonyl (C=O) groups excluding carboxylic acids is 1. The van der Waals surface area contributed by atoms with E-state index in [0.29, 0.717) is 6.54 Å². The molecule has 1 aliphatic heterocycles. The number of carbonyl (C=O) groups is 1. The van der Waals surface area contributed by atoms with Crippen LogP contribution in [0.5, 0.6) is 0 Å². The van der Waals surface area contributed by atoms with Gasteiger partial charge in [-0.3, -0.25) is 4.79 Å². The minimum absolute atomic E-state index is 0.142. The van der Waals surface area contributed by atoms with Crippen molar-refractivity contribution < 1.29 is 17.6 Å². The topological polar surface area (TPSA) is 54.5 Å². The number of benzene rings is 1. The van der Waals surface area contributed by atoms with Crippen molar-refractivity contribution in [1.29, 1.82) is 0 Å². The lowest BCUT2D eigenvalue weighted by Gasteiger charge is -2.19. The summed E-state index contributed by atoms with van der Waals surface area (Å²) in [7, 11) is -3.48. The molecule has 0 bridgehead atoms. The zero-order chi connectivity index (χ0) is 15.5. The van der Waals surface area contributed by atoms with Gasteiger partial charge >= 0.3 is 0 Å². The summed E-state index contributed by atoms with van der Waals surface area (Å²) in [6.45, 7) is 0.441. The van der Waals surface area contributed by atoms with Gasteiger partial charge in [0, 0.05) is 31.0 Å². The fraction of sp³-hybridized carbons (Fsp3) is 0.500. The first-order valence-corrected chi connectivity index (χ1v) is 9.00. The monoisotopic (exact) mass is 333 g/mol. The van der Waals surface area contributed by atoms with Crippen LogP contribution in [0.2, 0.25) is 0 Å². The summed E-state index contributed by atoms with van der Waals surface area (Å²) >= 11 is 5.54. The molecule has 2 rings (SSSR count). The Morgan fingerprint density at radius 1 is 1.33 bits per heavy atom. The first-order chi connectivity index (χ1) is 9.95. The highest BCUT2D eigenvalue weighted by atomic mass is 35.5. The van der Waals surface area contributed by atoms with Crippen LogP contribution in [0, 0.1) is 5.82 Å². The molecule has 0 radical (unpaired) electrons. The molecule has 1 saturated heterocycles. The number of nitrogens with zero attached hydrogens (tertiary/aromatic N) is 1. The molecular formula is C14H17ClFNO3S. The molecule has 1 aromatic rings. The van der Waals surface area contributed by atoms with E-state index in [0.717, 1.165) is 0 Å². The second-order valence-corrected chi connectivity index (χ2v) is 7.67. The molecule has 1 aromatic carbocycles. The average Bonchev–Trinajstić information content (AvgIpc) is 2.58. The van der Waals surface area contributed by atoms with E-state index in [2.05, 4.69) is 0 Å². The molecule has 1 heterocycles. The summed E-state index contributed by atoms with van der Waals surface area (Å²) in [6, 6.07) is 5.90. The Bertz CT molecular complexity index is 620. The van der Waals surface area contributed by atoms with Crippen LogP contribution in [0.1, 0.15) is 23.7 Å². The third-order valence-corrected chi connectivity index (χ3v) is 5.95. The number of rotatable bonds is 3. The molecule has 0 aliphatic carbocycles. The number of amides is 1. The number of sulfone groups is 1. The van der Waals surface area contributed by atoms with E-state index in [9.17, 15) is 17.6 Å². The zero-order valence-corrected chi connectivity index (χ0v) is 13.0. The number of alkyl halides is 1. The van der Waals surface area contributed by atoms with Gasteiger partial charge in [0.1, 0.15) is 5.82 Å². The summed E-state index contributed by atoms with van der Waals surface area (Å²) in [5.41, 5.74) is 0.184. The van der Waals surface area contributed by atoms with Gasteiger partial charge in [0.2, 0.25) is 5.91 Å². The van der Waals surface area contributed by atoms with Gasteiger partial charge in [-0.1, -0.05) is 18.2 Å². The van der Waals surface area contributed by atoms with Crippen molar-refractivity contribution in [3.05, 3.63) is 35.6 Å². The Hall–Kier alpha value is -1.14. The molecule has 1 atom stereocenters. The molecule has 116 valence electrons. The van der Waals surface area contributed by atoms with Crippen LogP contribution >= 0.6 is 11.6 Å². The van der Waals surface area contributed by atoms with E-state index in [4.69, 9.17) is 11.6 Å². The highest BCUT2D eigenvalue weighted by Crippen LogP contribution is 2.31. The van der Waals surface area contributed by atoms with Crippen molar-refractivity contribution in [1.82, 2.24) is 4.90 Å². The van der Waals surface area contributed by atoms with Crippen LogP contribution in [0.3, 0.4) is 0 Å². The van der Waals surface area contributed by atoms with E-state index in [1.807, 2.05) is 0 Å².